The zero-order chi connectivity index (χ0) is 17.9. The van der Waals surface area contributed by atoms with Crippen LogP contribution in [0.15, 0.2) is 41.3 Å². The number of nitrogens with one attached hydrogen (secondary N) is 1. The lowest BCUT2D eigenvalue weighted by atomic mass is 10.3. The molecule has 26 heavy (non-hydrogen) atoms. The largest absolute Gasteiger partial charge is 0.470 e. The van der Waals surface area contributed by atoms with Gasteiger partial charge in [0.1, 0.15) is 17.9 Å². The van der Waals surface area contributed by atoms with Crippen LogP contribution in [0.25, 0.3) is 11.5 Å². The van der Waals surface area contributed by atoms with Gasteiger partial charge in [0.2, 0.25) is 5.69 Å². The molecule has 9 nitrogen and oxygen atoms in total. The Kier molecular flexibility index (Phi) is 4.07. The molecule has 4 rings (SSSR count). The molecule has 0 radical (unpaired) electrons. The van der Waals surface area contributed by atoms with E-state index >= 15 is 0 Å². The SMILES string of the molecule is N#Cc1nccnc1OC1CCN(C(=O)c2cc(-c3ccco3)[nH]n2)C1. The second-order valence-corrected chi connectivity index (χ2v) is 5.75. The number of aromatic amines is 1. The van der Waals surface area contributed by atoms with E-state index in [1.165, 1.54) is 12.4 Å². The number of aromatic nitrogens is 4. The number of hydrogen-bond donors (Lipinski definition) is 1. The molecule has 1 aliphatic rings. The van der Waals surface area contributed by atoms with Crippen molar-refractivity contribution in [3.05, 3.63) is 48.2 Å². The number of amides is 1. The molecule has 4 heterocycles. The summed E-state index contributed by atoms with van der Waals surface area (Å²) >= 11 is 0. The van der Waals surface area contributed by atoms with Crippen molar-refractivity contribution in [2.24, 2.45) is 0 Å². The average molecular weight is 350 g/mol. The second kappa shape index (κ2) is 6.68. The van der Waals surface area contributed by atoms with Gasteiger partial charge in [-0.1, -0.05) is 0 Å². The van der Waals surface area contributed by atoms with Crippen molar-refractivity contribution in [1.29, 1.82) is 5.26 Å². The number of carbonyl (C=O) groups excluding carboxylic acids is 1. The highest BCUT2D eigenvalue weighted by molar-refractivity contribution is 5.93. The van der Waals surface area contributed by atoms with E-state index < -0.39 is 0 Å². The van der Waals surface area contributed by atoms with E-state index in [1.807, 2.05) is 6.07 Å². The predicted molar refractivity (Wildman–Crippen MR) is 88.0 cm³/mol. The van der Waals surface area contributed by atoms with Crippen LogP contribution in [0.2, 0.25) is 0 Å². The summed E-state index contributed by atoms with van der Waals surface area (Å²) in [6.45, 7) is 0.928. The summed E-state index contributed by atoms with van der Waals surface area (Å²) < 4.78 is 11.0. The van der Waals surface area contributed by atoms with Crippen LogP contribution < -0.4 is 4.74 Å². The van der Waals surface area contributed by atoms with Crippen molar-refractivity contribution in [2.45, 2.75) is 12.5 Å². The molecule has 1 saturated heterocycles. The first-order chi connectivity index (χ1) is 12.7. The lowest BCUT2D eigenvalue weighted by Crippen LogP contribution is -2.31. The minimum Gasteiger partial charge on any atom is -0.470 e. The Morgan fingerprint density at radius 3 is 3.12 bits per heavy atom. The van der Waals surface area contributed by atoms with Crippen LogP contribution in [0.4, 0.5) is 0 Å². The molecule has 1 amide bonds. The van der Waals surface area contributed by atoms with Crippen LogP contribution in [0.5, 0.6) is 5.88 Å². The van der Waals surface area contributed by atoms with E-state index in [1.54, 1.807) is 29.4 Å². The third-order valence-electron chi connectivity index (χ3n) is 4.06. The Balaban J connectivity index is 1.42. The van der Waals surface area contributed by atoms with E-state index in [4.69, 9.17) is 14.4 Å². The Morgan fingerprint density at radius 2 is 2.31 bits per heavy atom. The molecule has 1 fully saturated rings. The molecule has 0 saturated carbocycles. The molecule has 0 aromatic carbocycles. The number of likely N-dealkylation sites (tertiary alicyclic amines) is 1. The maximum atomic E-state index is 12.6. The fraction of sp³-hybridized carbons (Fsp3) is 0.235. The molecule has 3 aromatic heterocycles. The van der Waals surface area contributed by atoms with Crippen molar-refractivity contribution >= 4 is 5.91 Å². The number of hydrogen-bond acceptors (Lipinski definition) is 7. The maximum absolute atomic E-state index is 12.6. The normalized spacial score (nSPS) is 16.4. The zero-order valence-electron chi connectivity index (χ0n) is 13.6. The maximum Gasteiger partial charge on any atom is 0.274 e. The first kappa shape index (κ1) is 15.8. The monoisotopic (exact) mass is 350 g/mol. The zero-order valence-corrected chi connectivity index (χ0v) is 13.6. The number of rotatable bonds is 4. The van der Waals surface area contributed by atoms with Gasteiger partial charge < -0.3 is 14.1 Å². The number of carbonyl (C=O) groups is 1. The van der Waals surface area contributed by atoms with E-state index in [0.29, 0.717) is 36.7 Å². The van der Waals surface area contributed by atoms with Crippen molar-refractivity contribution in [3.63, 3.8) is 0 Å². The third kappa shape index (κ3) is 3.00. The van der Waals surface area contributed by atoms with E-state index in [2.05, 4.69) is 20.2 Å². The van der Waals surface area contributed by atoms with E-state index in [-0.39, 0.29) is 23.6 Å². The first-order valence-electron chi connectivity index (χ1n) is 8.01. The smallest absolute Gasteiger partial charge is 0.274 e. The molecule has 1 N–H and O–H groups in total. The number of H-pyrrole nitrogens is 1. The van der Waals surface area contributed by atoms with E-state index in [9.17, 15) is 4.79 Å². The third-order valence-corrected chi connectivity index (χ3v) is 4.06. The van der Waals surface area contributed by atoms with Crippen LogP contribution in [0.1, 0.15) is 22.6 Å². The van der Waals surface area contributed by atoms with Gasteiger partial charge in [-0.05, 0) is 12.1 Å². The van der Waals surface area contributed by atoms with Gasteiger partial charge in [0, 0.05) is 31.4 Å². The average Bonchev–Trinajstić information content (AvgIpc) is 3.42. The molecular weight excluding hydrogens is 336 g/mol. The van der Waals surface area contributed by atoms with Crippen LogP contribution in [0.3, 0.4) is 0 Å². The van der Waals surface area contributed by atoms with Gasteiger partial charge >= 0.3 is 0 Å². The van der Waals surface area contributed by atoms with Crippen molar-refractivity contribution < 1.29 is 13.9 Å². The molecule has 1 aliphatic heterocycles. The van der Waals surface area contributed by atoms with Crippen LogP contribution in [0, 0.1) is 11.3 Å². The lowest BCUT2D eigenvalue weighted by molar-refractivity contribution is 0.0765. The van der Waals surface area contributed by atoms with E-state index in [0.717, 1.165) is 0 Å². The fourth-order valence-corrected chi connectivity index (χ4v) is 2.81. The van der Waals surface area contributed by atoms with Crippen molar-refractivity contribution in [2.75, 3.05) is 13.1 Å². The van der Waals surface area contributed by atoms with Gasteiger partial charge in [-0.15, -0.1) is 0 Å². The summed E-state index contributed by atoms with van der Waals surface area (Å²) in [5.74, 6) is 0.616. The highest BCUT2D eigenvalue weighted by atomic mass is 16.5. The molecule has 1 unspecified atom stereocenters. The molecule has 130 valence electrons. The summed E-state index contributed by atoms with van der Waals surface area (Å²) in [7, 11) is 0. The highest BCUT2D eigenvalue weighted by Gasteiger charge is 2.30. The standard InChI is InChI=1S/C17H14N6O3/c18-9-14-16(20-5-4-19-14)26-11-3-6-23(10-11)17(24)13-8-12(21-22-13)15-2-1-7-25-15/h1-2,4-5,7-8,11H,3,6,10H2,(H,21,22). The van der Waals surface area contributed by atoms with Crippen LogP contribution in [-0.4, -0.2) is 50.2 Å². The lowest BCUT2D eigenvalue weighted by Gasteiger charge is -2.15. The minimum atomic E-state index is -0.244. The summed E-state index contributed by atoms with van der Waals surface area (Å²) in [6, 6.07) is 7.15. The van der Waals surface area contributed by atoms with Crippen LogP contribution in [-0.2, 0) is 0 Å². The predicted octanol–water partition coefficient (Wildman–Crippen LogP) is 1.62. The molecule has 0 aliphatic carbocycles. The molecule has 9 heteroatoms. The Labute approximate surface area is 148 Å². The first-order valence-corrected chi connectivity index (χ1v) is 8.01. The van der Waals surface area contributed by atoms with Gasteiger partial charge in [0.15, 0.2) is 11.5 Å². The summed E-state index contributed by atoms with van der Waals surface area (Å²) in [4.78, 5) is 22.2. The Bertz CT molecular complexity index is 959. The number of nitriles is 1. The van der Waals surface area contributed by atoms with Gasteiger partial charge in [-0.25, -0.2) is 9.97 Å². The summed E-state index contributed by atoms with van der Waals surface area (Å²) in [6.07, 6.45) is 4.86. The Hall–Kier alpha value is -3.67. The van der Waals surface area contributed by atoms with Crippen molar-refractivity contribution in [1.82, 2.24) is 25.1 Å². The number of ether oxygens (including phenoxy) is 1. The molecule has 3 aromatic rings. The highest BCUT2D eigenvalue weighted by Crippen LogP contribution is 2.22. The second-order valence-electron chi connectivity index (χ2n) is 5.75. The number of furan rings is 1. The van der Waals surface area contributed by atoms with Gasteiger partial charge in [0.05, 0.1) is 12.8 Å². The van der Waals surface area contributed by atoms with Crippen LogP contribution >= 0.6 is 0 Å². The van der Waals surface area contributed by atoms with Crippen molar-refractivity contribution in [3.8, 4) is 23.4 Å². The topological polar surface area (TPSA) is 121 Å². The fourth-order valence-electron chi connectivity index (χ4n) is 2.81. The molecule has 0 spiro atoms. The number of nitrogens with zero attached hydrogens (tertiary/aromatic N) is 5. The summed E-state index contributed by atoms with van der Waals surface area (Å²) in [5, 5.41) is 15.9. The molecular formula is C17H14N6O3. The quantitative estimate of drug-likeness (QED) is 0.759. The van der Waals surface area contributed by atoms with Gasteiger partial charge in [0.25, 0.3) is 11.8 Å². The van der Waals surface area contributed by atoms with Gasteiger partial charge in [-0.3, -0.25) is 9.89 Å². The molecule has 0 bridgehead atoms. The van der Waals surface area contributed by atoms with Gasteiger partial charge in [-0.2, -0.15) is 10.4 Å². The Morgan fingerprint density at radius 1 is 1.42 bits per heavy atom. The summed E-state index contributed by atoms with van der Waals surface area (Å²) in [5.41, 5.74) is 1.09. The molecule has 1 atom stereocenters. The minimum absolute atomic E-state index is 0.132.